The molecular formula is C14H14Cl2N6O3. The number of halogens is 2. The number of carbonyl (C=O) groups excluding carboxylic acids is 1. The standard InChI is InChI=1S/C14H14Cl2N6O3/c1-7(2)19-12-11(22(24)25)13(18-6-17-12)20-21-14(23)9-4-3-8(15)5-10(9)16/h3-7H,1-2H3,(H,21,23)(H2,17,18,19,20). The number of benzene rings is 1. The fourth-order valence-electron chi connectivity index (χ4n) is 1.88. The summed E-state index contributed by atoms with van der Waals surface area (Å²) in [6.45, 7) is 3.62. The number of nitrogens with zero attached hydrogens (tertiary/aromatic N) is 3. The van der Waals surface area contributed by atoms with E-state index in [0.717, 1.165) is 6.33 Å². The van der Waals surface area contributed by atoms with Crippen molar-refractivity contribution < 1.29 is 9.72 Å². The van der Waals surface area contributed by atoms with Gasteiger partial charge in [0.25, 0.3) is 5.91 Å². The Morgan fingerprint density at radius 1 is 1.24 bits per heavy atom. The summed E-state index contributed by atoms with van der Waals surface area (Å²) in [5, 5.41) is 14.7. The zero-order chi connectivity index (χ0) is 18.6. The lowest BCUT2D eigenvalue weighted by molar-refractivity contribution is -0.383. The van der Waals surface area contributed by atoms with Gasteiger partial charge in [0.15, 0.2) is 0 Å². The molecule has 0 spiro atoms. The van der Waals surface area contributed by atoms with E-state index in [0.29, 0.717) is 5.02 Å². The highest BCUT2D eigenvalue weighted by Crippen LogP contribution is 2.29. The van der Waals surface area contributed by atoms with E-state index in [2.05, 4.69) is 26.1 Å². The third kappa shape index (κ3) is 4.68. The first kappa shape index (κ1) is 18.7. The Balaban J connectivity index is 2.22. The molecule has 0 aliphatic carbocycles. The van der Waals surface area contributed by atoms with Crippen LogP contribution in [-0.2, 0) is 0 Å². The van der Waals surface area contributed by atoms with Gasteiger partial charge in [0, 0.05) is 11.1 Å². The third-order valence-electron chi connectivity index (χ3n) is 2.90. The van der Waals surface area contributed by atoms with Crippen LogP contribution in [0.1, 0.15) is 24.2 Å². The molecule has 11 heteroatoms. The summed E-state index contributed by atoms with van der Waals surface area (Å²) < 4.78 is 0. The molecule has 0 aliphatic heterocycles. The van der Waals surface area contributed by atoms with Gasteiger partial charge in [-0.3, -0.25) is 25.8 Å². The molecule has 25 heavy (non-hydrogen) atoms. The molecule has 0 saturated carbocycles. The highest BCUT2D eigenvalue weighted by atomic mass is 35.5. The average Bonchev–Trinajstić information content (AvgIpc) is 2.51. The molecule has 132 valence electrons. The average molecular weight is 385 g/mol. The molecule has 0 radical (unpaired) electrons. The van der Waals surface area contributed by atoms with Crippen molar-refractivity contribution in [3.63, 3.8) is 0 Å². The first-order chi connectivity index (χ1) is 11.8. The van der Waals surface area contributed by atoms with Gasteiger partial charge < -0.3 is 5.32 Å². The zero-order valence-corrected chi connectivity index (χ0v) is 14.7. The van der Waals surface area contributed by atoms with E-state index in [1.165, 1.54) is 18.2 Å². The molecule has 1 aromatic carbocycles. The fraction of sp³-hybridized carbons (Fsp3) is 0.214. The molecule has 0 fully saturated rings. The summed E-state index contributed by atoms with van der Waals surface area (Å²) in [6, 6.07) is 4.27. The van der Waals surface area contributed by atoms with Gasteiger partial charge in [0.05, 0.1) is 15.5 Å². The largest absolute Gasteiger partial charge is 0.362 e. The van der Waals surface area contributed by atoms with E-state index < -0.39 is 16.5 Å². The van der Waals surface area contributed by atoms with Crippen LogP contribution in [0.5, 0.6) is 0 Å². The van der Waals surface area contributed by atoms with Crippen molar-refractivity contribution in [2.45, 2.75) is 19.9 Å². The van der Waals surface area contributed by atoms with Crippen LogP contribution < -0.4 is 16.2 Å². The maximum atomic E-state index is 12.2. The number of amides is 1. The summed E-state index contributed by atoms with van der Waals surface area (Å²) in [6.07, 6.45) is 1.14. The van der Waals surface area contributed by atoms with Crippen molar-refractivity contribution in [2.24, 2.45) is 0 Å². The fourth-order valence-corrected chi connectivity index (χ4v) is 2.37. The molecule has 1 heterocycles. The van der Waals surface area contributed by atoms with E-state index in [1.54, 1.807) is 0 Å². The summed E-state index contributed by atoms with van der Waals surface area (Å²) >= 11 is 11.7. The van der Waals surface area contributed by atoms with Crippen LogP contribution in [0, 0.1) is 10.1 Å². The van der Waals surface area contributed by atoms with E-state index in [4.69, 9.17) is 23.2 Å². The molecule has 9 nitrogen and oxygen atoms in total. The number of nitrogens with one attached hydrogen (secondary N) is 3. The Morgan fingerprint density at radius 2 is 1.92 bits per heavy atom. The van der Waals surface area contributed by atoms with Gasteiger partial charge in [-0.15, -0.1) is 0 Å². The van der Waals surface area contributed by atoms with Crippen LogP contribution in [0.15, 0.2) is 24.5 Å². The minimum atomic E-state index is -0.644. The number of hydrogen-bond donors (Lipinski definition) is 3. The van der Waals surface area contributed by atoms with Crippen molar-refractivity contribution in [1.29, 1.82) is 0 Å². The maximum absolute atomic E-state index is 12.2. The van der Waals surface area contributed by atoms with Crippen molar-refractivity contribution in [1.82, 2.24) is 15.4 Å². The molecule has 0 unspecified atom stereocenters. The van der Waals surface area contributed by atoms with E-state index in [1.807, 2.05) is 13.8 Å². The predicted molar refractivity (Wildman–Crippen MR) is 95.0 cm³/mol. The van der Waals surface area contributed by atoms with Gasteiger partial charge in [-0.25, -0.2) is 9.97 Å². The predicted octanol–water partition coefficient (Wildman–Crippen LogP) is 3.27. The molecule has 0 saturated heterocycles. The Bertz CT molecular complexity index is 815. The lowest BCUT2D eigenvalue weighted by Crippen LogP contribution is -2.30. The van der Waals surface area contributed by atoms with Crippen molar-refractivity contribution in [3.8, 4) is 0 Å². The molecule has 2 rings (SSSR count). The van der Waals surface area contributed by atoms with Gasteiger partial charge in [0.1, 0.15) is 6.33 Å². The second kappa shape index (κ2) is 7.95. The molecular weight excluding hydrogens is 371 g/mol. The second-order valence-electron chi connectivity index (χ2n) is 5.18. The van der Waals surface area contributed by atoms with Gasteiger partial charge in [0.2, 0.25) is 11.6 Å². The SMILES string of the molecule is CC(C)Nc1ncnc(NNC(=O)c2ccc(Cl)cc2Cl)c1[N+](=O)[O-]. The molecule has 0 bridgehead atoms. The van der Waals surface area contributed by atoms with E-state index in [9.17, 15) is 14.9 Å². The minimum Gasteiger partial charge on any atom is -0.362 e. The molecule has 1 aromatic heterocycles. The first-order valence-corrected chi connectivity index (χ1v) is 7.82. The van der Waals surface area contributed by atoms with Crippen molar-refractivity contribution in [2.75, 3.05) is 10.7 Å². The Kier molecular flexibility index (Phi) is 5.94. The summed E-state index contributed by atoms with van der Waals surface area (Å²) in [4.78, 5) is 30.5. The zero-order valence-electron chi connectivity index (χ0n) is 13.2. The van der Waals surface area contributed by atoms with Crippen LogP contribution in [0.4, 0.5) is 17.3 Å². The molecule has 2 aromatic rings. The van der Waals surface area contributed by atoms with Crippen molar-refractivity contribution >= 4 is 46.4 Å². The highest BCUT2D eigenvalue weighted by molar-refractivity contribution is 6.36. The Morgan fingerprint density at radius 3 is 2.52 bits per heavy atom. The van der Waals surface area contributed by atoms with E-state index in [-0.39, 0.29) is 28.3 Å². The Labute approximate surface area is 152 Å². The monoisotopic (exact) mass is 384 g/mol. The molecule has 1 amide bonds. The van der Waals surface area contributed by atoms with Crippen LogP contribution in [0.2, 0.25) is 10.0 Å². The van der Waals surface area contributed by atoms with E-state index >= 15 is 0 Å². The maximum Gasteiger partial charge on any atom is 0.354 e. The summed E-state index contributed by atoms with van der Waals surface area (Å²) in [7, 11) is 0. The summed E-state index contributed by atoms with van der Waals surface area (Å²) in [5.41, 5.74) is 4.50. The first-order valence-electron chi connectivity index (χ1n) is 7.07. The topological polar surface area (TPSA) is 122 Å². The minimum absolute atomic E-state index is 0.0382. The quantitative estimate of drug-likeness (QED) is 0.515. The van der Waals surface area contributed by atoms with Gasteiger partial charge in [-0.05, 0) is 32.0 Å². The third-order valence-corrected chi connectivity index (χ3v) is 3.45. The number of hydrazine groups is 1. The lowest BCUT2D eigenvalue weighted by Gasteiger charge is -2.12. The molecule has 3 N–H and O–H groups in total. The highest BCUT2D eigenvalue weighted by Gasteiger charge is 2.24. The van der Waals surface area contributed by atoms with Crippen molar-refractivity contribution in [3.05, 3.63) is 50.2 Å². The number of anilines is 2. The van der Waals surface area contributed by atoms with Gasteiger partial charge in [-0.2, -0.15) is 0 Å². The number of hydrogen-bond acceptors (Lipinski definition) is 7. The lowest BCUT2D eigenvalue weighted by atomic mass is 10.2. The van der Waals surface area contributed by atoms with Crippen LogP contribution in [-0.4, -0.2) is 26.8 Å². The number of rotatable bonds is 6. The van der Waals surface area contributed by atoms with Gasteiger partial charge in [-0.1, -0.05) is 23.2 Å². The number of nitro groups is 1. The van der Waals surface area contributed by atoms with Crippen LogP contribution in [0.3, 0.4) is 0 Å². The second-order valence-corrected chi connectivity index (χ2v) is 6.02. The van der Waals surface area contributed by atoms with Crippen LogP contribution in [0.25, 0.3) is 0 Å². The normalized spacial score (nSPS) is 10.4. The molecule has 0 atom stereocenters. The number of aromatic nitrogens is 2. The Hall–Kier alpha value is -2.65. The smallest absolute Gasteiger partial charge is 0.354 e. The summed E-state index contributed by atoms with van der Waals surface area (Å²) in [5.74, 6) is -0.731. The number of carbonyl (C=O) groups is 1. The van der Waals surface area contributed by atoms with Crippen LogP contribution >= 0.6 is 23.2 Å². The molecule has 0 aliphatic rings. The van der Waals surface area contributed by atoms with Gasteiger partial charge >= 0.3 is 5.69 Å².